The highest BCUT2D eigenvalue weighted by Gasteiger charge is 2.29. The highest BCUT2D eigenvalue weighted by atomic mass is 16.5. The van der Waals surface area contributed by atoms with Crippen LogP contribution in [0.4, 0.5) is 0 Å². The Morgan fingerprint density at radius 1 is 1.12 bits per heavy atom. The van der Waals surface area contributed by atoms with Gasteiger partial charge in [-0.3, -0.25) is 19.3 Å². The number of pyridine rings is 1. The van der Waals surface area contributed by atoms with Crippen LogP contribution in [0, 0.1) is 0 Å². The van der Waals surface area contributed by atoms with E-state index >= 15 is 0 Å². The number of ether oxygens (including phenoxy) is 2. The lowest BCUT2D eigenvalue weighted by molar-refractivity contribution is 0.0729. The monoisotopic (exact) mass is 449 g/mol. The summed E-state index contributed by atoms with van der Waals surface area (Å²) in [5.74, 6) is 0.690. The van der Waals surface area contributed by atoms with Crippen molar-refractivity contribution in [3.8, 4) is 11.5 Å². The molecule has 0 radical (unpaired) electrons. The number of para-hydroxylation sites is 1. The minimum absolute atomic E-state index is 0.114. The number of nitrogens with zero attached hydrogens (tertiary/aromatic N) is 4. The number of methoxy groups -OCH3 is 2. The van der Waals surface area contributed by atoms with Gasteiger partial charge in [0, 0.05) is 68.7 Å². The number of aryl methyl sites for hydroxylation is 1. The third-order valence-corrected chi connectivity index (χ3v) is 5.84. The summed E-state index contributed by atoms with van der Waals surface area (Å²) in [5, 5.41) is 7.59. The lowest BCUT2D eigenvalue weighted by Gasteiger charge is -2.28. The first-order valence-corrected chi connectivity index (χ1v) is 10.8. The summed E-state index contributed by atoms with van der Waals surface area (Å²) in [7, 11) is 5.00. The van der Waals surface area contributed by atoms with Gasteiger partial charge in [-0.05, 0) is 24.3 Å². The molecule has 4 rings (SSSR count). The number of hydrogen-bond donors (Lipinski definition) is 1. The summed E-state index contributed by atoms with van der Waals surface area (Å²) in [6.45, 7) is 1.49. The van der Waals surface area contributed by atoms with Crippen molar-refractivity contribution >= 4 is 11.8 Å². The molecule has 0 saturated carbocycles. The Bertz CT molecular complexity index is 1160. The van der Waals surface area contributed by atoms with Crippen LogP contribution in [0.25, 0.3) is 0 Å². The van der Waals surface area contributed by atoms with Crippen LogP contribution in [0.3, 0.4) is 0 Å². The van der Waals surface area contributed by atoms with Crippen LogP contribution in [0.1, 0.15) is 37.7 Å². The van der Waals surface area contributed by atoms with Gasteiger partial charge in [-0.1, -0.05) is 6.07 Å². The second kappa shape index (κ2) is 9.72. The van der Waals surface area contributed by atoms with E-state index in [0.717, 1.165) is 17.0 Å². The van der Waals surface area contributed by atoms with E-state index in [-0.39, 0.29) is 11.8 Å². The van der Waals surface area contributed by atoms with Crippen molar-refractivity contribution in [2.45, 2.75) is 19.4 Å². The molecule has 2 aromatic heterocycles. The minimum atomic E-state index is -0.149. The number of carbonyl (C=O) groups is 2. The molecule has 2 amide bonds. The smallest absolute Gasteiger partial charge is 0.258 e. The molecule has 1 aliphatic rings. The molecule has 172 valence electrons. The number of nitrogens with one attached hydrogen (secondary N) is 1. The zero-order chi connectivity index (χ0) is 23.4. The van der Waals surface area contributed by atoms with E-state index in [1.165, 1.54) is 7.11 Å². The summed E-state index contributed by atoms with van der Waals surface area (Å²) in [6, 6.07) is 8.65. The maximum absolute atomic E-state index is 13.3. The van der Waals surface area contributed by atoms with Gasteiger partial charge in [0.25, 0.3) is 11.8 Å². The van der Waals surface area contributed by atoms with Gasteiger partial charge in [0.2, 0.25) is 0 Å². The third kappa shape index (κ3) is 4.52. The van der Waals surface area contributed by atoms with Crippen LogP contribution >= 0.6 is 0 Å². The largest absolute Gasteiger partial charge is 0.493 e. The predicted octanol–water partition coefficient (Wildman–Crippen LogP) is 2.00. The average molecular weight is 450 g/mol. The lowest BCUT2D eigenvalue weighted by atomic mass is 10.0. The molecule has 9 heteroatoms. The van der Waals surface area contributed by atoms with Crippen molar-refractivity contribution < 1.29 is 19.1 Å². The van der Waals surface area contributed by atoms with E-state index in [4.69, 9.17) is 9.47 Å². The van der Waals surface area contributed by atoms with Crippen molar-refractivity contribution in [2.75, 3.05) is 27.3 Å². The topological polar surface area (TPSA) is 98.6 Å². The molecule has 1 aliphatic heterocycles. The van der Waals surface area contributed by atoms with Crippen molar-refractivity contribution in [1.82, 2.24) is 25.0 Å². The molecule has 0 atom stereocenters. The van der Waals surface area contributed by atoms with Gasteiger partial charge in [-0.25, -0.2) is 0 Å². The molecule has 1 N–H and O–H groups in total. The van der Waals surface area contributed by atoms with E-state index < -0.39 is 0 Å². The number of fused-ring (bicyclic) bond motifs is 1. The van der Waals surface area contributed by atoms with Crippen molar-refractivity contribution in [1.29, 1.82) is 0 Å². The average Bonchev–Trinajstić information content (AvgIpc) is 3.18. The van der Waals surface area contributed by atoms with Gasteiger partial charge < -0.3 is 19.7 Å². The number of aromatic nitrogens is 3. The fraction of sp³-hybridized carbons (Fsp3) is 0.333. The number of amides is 2. The maximum Gasteiger partial charge on any atom is 0.258 e. The van der Waals surface area contributed by atoms with Crippen LogP contribution in [-0.4, -0.2) is 58.8 Å². The number of hydrogen-bond acceptors (Lipinski definition) is 6. The molecule has 0 saturated heterocycles. The fourth-order valence-corrected chi connectivity index (χ4v) is 4.17. The number of rotatable bonds is 7. The quantitative estimate of drug-likeness (QED) is 0.593. The Balaban J connectivity index is 1.48. The van der Waals surface area contributed by atoms with Crippen LogP contribution in [-0.2, 0) is 26.4 Å². The highest BCUT2D eigenvalue weighted by molar-refractivity contribution is 5.98. The van der Waals surface area contributed by atoms with Crippen LogP contribution in [0.15, 0.2) is 42.7 Å². The summed E-state index contributed by atoms with van der Waals surface area (Å²) in [5.41, 5.74) is 4.08. The van der Waals surface area contributed by atoms with Crippen LogP contribution < -0.4 is 14.8 Å². The van der Waals surface area contributed by atoms with E-state index in [9.17, 15) is 9.59 Å². The Kier molecular flexibility index (Phi) is 6.58. The third-order valence-electron chi connectivity index (χ3n) is 5.84. The fourth-order valence-electron chi connectivity index (χ4n) is 4.17. The normalized spacial score (nSPS) is 12.8. The summed E-state index contributed by atoms with van der Waals surface area (Å²) >= 11 is 0. The minimum Gasteiger partial charge on any atom is -0.493 e. The van der Waals surface area contributed by atoms with E-state index in [1.807, 2.05) is 11.7 Å². The predicted molar refractivity (Wildman–Crippen MR) is 121 cm³/mol. The Labute approximate surface area is 192 Å². The molecule has 9 nitrogen and oxygen atoms in total. The molecule has 33 heavy (non-hydrogen) atoms. The first-order chi connectivity index (χ1) is 16.0. The molecule has 3 aromatic rings. The zero-order valence-corrected chi connectivity index (χ0v) is 19.0. The van der Waals surface area contributed by atoms with Crippen LogP contribution in [0.2, 0.25) is 0 Å². The molecule has 0 spiro atoms. The van der Waals surface area contributed by atoms with Crippen molar-refractivity contribution in [2.24, 2.45) is 7.05 Å². The van der Waals surface area contributed by atoms with Gasteiger partial charge in [0.05, 0.1) is 25.5 Å². The molecular weight excluding hydrogens is 422 g/mol. The highest BCUT2D eigenvalue weighted by Crippen LogP contribution is 2.33. The Morgan fingerprint density at radius 2 is 1.91 bits per heavy atom. The molecule has 0 aliphatic carbocycles. The van der Waals surface area contributed by atoms with Gasteiger partial charge in [-0.2, -0.15) is 5.10 Å². The second-order valence-corrected chi connectivity index (χ2v) is 7.76. The van der Waals surface area contributed by atoms with E-state index in [0.29, 0.717) is 55.1 Å². The zero-order valence-electron chi connectivity index (χ0n) is 19.0. The second-order valence-electron chi connectivity index (χ2n) is 7.76. The first kappa shape index (κ1) is 22.3. The molecule has 0 bridgehead atoms. The number of benzene rings is 1. The molecular formula is C24H27N5O4. The van der Waals surface area contributed by atoms with Gasteiger partial charge in [0.15, 0.2) is 11.5 Å². The van der Waals surface area contributed by atoms with Crippen LogP contribution in [0.5, 0.6) is 11.5 Å². The molecule has 1 aromatic carbocycles. The van der Waals surface area contributed by atoms with Gasteiger partial charge in [0.1, 0.15) is 0 Å². The Hall–Kier alpha value is -3.88. The van der Waals surface area contributed by atoms with E-state index in [1.54, 1.807) is 54.7 Å². The summed E-state index contributed by atoms with van der Waals surface area (Å²) in [6.07, 6.45) is 4.46. The SMILES string of the molecule is COc1cccc(C(=O)N2CCc3c(c(CCNC(=O)c4ccncc4)nn3C)C2)c1OC. The summed E-state index contributed by atoms with van der Waals surface area (Å²) < 4.78 is 12.7. The lowest BCUT2D eigenvalue weighted by Crippen LogP contribution is -2.36. The molecule has 0 unspecified atom stereocenters. The van der Waals surface area contributed by atoms with Gasteiger partial charge >= 0.3 is 0 Å². The van der Waals surface area contributed by atoms with Gasteiger partial charge in [-0.15, -0.1) is 0 Å². The maximum atomic E-state index is 13.3. The summed E-state index contributed by atoms with van der Waals surface area (Å²) in [4.78, 5) is 31.4. The van der Waals surface area contributed by atoms with E-state index in [2.05, 4.69) is 15.4 Å². The molecule has 0 fully saturated rings. The Morgan fingerprint density at radius 3 is 2.64 bits per heavy atom. The van der Waals surface area contributed by atoms with Crippen molar-refractivity contribution in [3.05, 3.63) is 70.8 Å². The van der Waals surface area contributed by atoms with Crippen molar-refractivity contribution in [3.63, 3.8) is 0 Å². The number of carbonyl (C=O) groups excluding carboxylic acids is 2. The standard InChI is InChI=1S/C24H27N5O4/c1-28-20-10-14-29(24(31)17-5-4-6-21(32-2)22(17)33-3)15-18(20)19(27-28)9-13-26-23(30)16-7-11-25-12-8-16/h4-8,11-12H,9-10,13-15H2,1-3H3,(H,26,30). The first-order valence-electron chi connectivity index (χ1n) is 10.8. The molecule has 3 heterocycles.